The van der Waals surface area contributed by atoms with Gasteiger partial charge in [0.25, 0.3) is 0 Å². The summed E-state index contributed by atoms with van der Waals surface area (Å²) >= 11 is 0. The number of aryl methyl sites for hydroxylation is 1. The molecular weight excluding hydrogens is 250 g/mol. The highest BCUT2D eigenvalue weighted by Gasteiger charge is 1.99. The molecule has 0 saturated heterocycles. The Labute approximate surface area is 119 Å². The summed E-state index contributed by atoms with van der Waals surface area (Å²) in [6.07, 6.45) is 0.797. The molecule has 0 atom stereocenters. The zero-order valence-corrected chi connectivity index (χ0v) is 11.5. The molecule has 0 saturated carbocycles. The fourth-order valence-electron chi connectivity index (χ4n) is 1.80. The quantitative estimate of drug-likeness (QED) is 0.749. The minimum absolute atomic E-state index is 0.570. The Morgan fingerprint density at radius 3 is 2.60 bits per heavy atom. The van der Waals surface area contributed by atoms with E-state index in [9.17, 15) is 0 Å². The average Bonchev–Trinajstić information content (AvgIpc) is 2.49. The molecule has 102 valence electrons. The summed E-state index contributed by atoms with van der Waals surface area (Å²) in [6, 6.07) is 17.2. The number of ether oxygens (including phenoxy) is 2. The molecule has 0 heterocycles. The molecule has 0 bridgehead atoms. The zero-order valence-electron chi connectivity index (χ0n) is 11.5. The monoisotopic (exact) mass is 267 g/mol. The molecule has 2 rings (SSSR count). The zero-order chi connectivity index (χ0) is 14.2. The standard InChI is InChI=1S/C17H17NO2/c1-14-6-2-3-9-17(14)20-11-5-10-19-16-8-4-7-15(12-16)13-18/h2-4,6-9,12H,5,10-11H2,1H3. The minimum Gasteiger partial charge on any atom is -0.493 e. The van der Waals surface area contributed by atoms with Gasteiger partial charge < -0.3 is 9.47 Å². The fourth-order valence-corrected chi connectivity index (χ4v) is 1.80. The Hall–Kier alpha value is -2.47. The van der Waals surface area contributed by atoms with Gasteiger partial charge in [0.15, 0.2) is 0 Å². The van der Waals surface area contributed by atoms with Crippen molar-refractivity contribution in [3.8, 4) is 17.6 Å². The van der Waals surface area contributed by atoms with E-state index in [2.05, 4.69) is 6.07 Å². The van der Waals surface area contributed by atoms with Gasteiger partial charge in [-0.2, -0.15) is 5.26 Å². The third kappa shape index (κ3) is 4.03. The molecule has 0 spiro atoms. The Bertz CT molecular complexity index is 602. The molecule has 0 aliphatic heterocycles. The molecule has 0 aliphatic rings. The third-order valence-electron chi connectivity index (χ3n) is 2.87. The molecule has 0 radical (unpaired) electrons. The van der Waals surface area contributed by atoms with Crippen LogP contribution in [0.3, 0.4) is 0 Å². The van der Waals surface area contributed by atoms with Gasteiger partial charge >= 0.3 is 0 Å². The molecular formula is C17H17NO2. The van der Waals surface area contributed by atoms with Crippen molar-refractivity contribution in [3.05, 3.63) is 59.7 Å². The second-order valence-corrected chi connectivity index (χ2v) is 4.46. The van der Waals surface area contributed by atoms with Crippen LogP contribution in [0.4, 0.5) is 0 Å². The number of para-hydroxylation sites is 1. The van der Waals surface area contributed by atoms with Crippen molar-refractivity contribution in [1.82, 2.24) is 0 Å². The maximum Gasteiger partial charge on any atom is 0.122 e. The fraction of sp³-hybridized carbons (Fsp3) is 0.235. The molecule has 0 fully saturated rings. The third-order valence-corrected chi connectivity index (χ3v) is 2.87. The smallest absolute Gasteiger partial charge is 0.122 e. The van der Waals surface area contributed by atoms with Gasteiger partial charge in [0.2, 0.25) is 0 Å². The van der Waals surface area contributed by atoms with Crippen LogP contribution in [0.15, 0.2) is 48.5 Å². The topological polar surface area (TPSA) is 42.2 Å². The van der Waals surface area contributed by atoms with Crippen molar-refractivity contribution in [2.45, 2.75) is 13.3 Å². The largest absolute Gasteiger partial charge is 0.493 e. The summed E-state index contributed by atoms with van der Waals surface area (Å²) in [7, 11) is 0. The van der Waals surface area contributed by atoms with Crippen molar-refractivity contribution >= 4 is 0 Å². The van der Waals surface area contributed by atoms with Crippen LogP contribution in [0, 0.1) is 18.3 Å². The van der Waals surface area contributed by atoms with E-state index in [1.807, 2.05) is 43.3 Å². The van der Waals surface area contributed by atoms with Crippen molar-refractivity contribution in [2.75, 3.05) is 13.2 Å². The summed E-state index contributed by atoms with van der Waals surface area (Å²) in [5.74, 6) is 1.64. The van der Waals surface area contributed by atoms with E-state index in [1.165, 1.54) is 0 Å². The molecule has 2 aromatic carbocycles. The first-order valence-electron chi connectivity index (χ1n) is 6.61. The van der Waals surface area contributed by atoms with Crippen LogP contribution in [0.2, 0.25) is 0 Å². The van der Waals surface area contributed by atoms with Crippen molar-refractivity contribution in [3.63, 3.8) is 0 Å². The highest BCUT2D eigenvalue weighted by atomic mass is 16.5. The Kier molecular flexibility index (Phi) is 5.02. The van der Waals surface area contributed by atoms with Crippen LogP contribution in [0.25, 0.3) is 0 Å². The van der Waals surface area contributed by atoms with Gasteiger partial charge in [-0.3, -0.25) is 0 Å². The Balaban J connectivity index is 1.72. The summed E-state index contributed by atoms with van der Waals surface area (Å²) in [5, 5.41) is 8.80. The van der Waals surface area contributed by atoms with Gasteiger partial charge in [-0.1, -0.05) is 24.3 Å². The van der Waals surface area contributed by atoms with Gasteiger partial charge in [0.05, 0.1) is 24.8 Å². The first kappa shape index (κ1) is 14.0. The van der Waals surface area contributed by atoms with Crippen LogP contribution in [-0.4, -0.2) is 13.2 Å². The minimum atomic E-state index is 0.570. The van der Waals surface area contributed by atoms with E-state index in [1.54, 1.807) is 12.1 Å². The molecule has 20 heavy (non-hydrogen) atoms. The summed E-state index contributed by atoms with van der Waals surface area (Å²) in [6.45, 7) is 3.21. The average molecular weight is 267 g/mol. The normalized spacial score (nSPS) is 9.80. The van der Waals surface area contributed by atoms with E-state index in [0.717, 1.165) is 23.5 Å². The highest BCUT2D eigenvalue weighted by molar-refractivity contribution is 5.36. The van der Waals surface area contributed by atoms with Crippen LogP contribution in [-0.2, 0) is 0 Å². The van der Waals surface area contributed by atoms with E-state index < -0.39 is 0 Å². The van der Waals surface area contributed by atoms with E-state index in [4.69, 9.17) is 14.7 Å². The lowest BCUT2D eigenvalue weighted by atomic mass is 10.2. The van der Waals surface area contributed by atoms with E-state index >= 15 is 0 Å². The molecule has 3 nitrogen and oxygen atoms in total. The van der Waals surface area contributed by atoms with E-state index in [-0.39, 0.29) is 0 Å². The maximum absolute atomic E-state index is 8.80. The molecule has 2 aromatic rings. The lowest BCUT2D eigenvalue weighted by molar-refractivity contribution is 0.246. The van der Waals surface area contributed by atoms with Gasteiger partial charge in [-0.15, -0.1) is 0 Å². The molecule has 0 amide bonds. The van der Waals surface area contributed by atoms with Gasteiger partial charge in [0, 0.05) is 6.42 Å². The summed E-state index contributed by atoms with van der Waals surface area (Å²) in [5.41, 5.74) is 1.74. The van der Waals surface area contributed by atoms with Crippen molar-refractivity contribution in [1.29, 1.82) is 5.26 Å². The molecule has 0 aromatic heterocycles. The van der Waals surface area contributed by atoms with Crippen LogP contribution < -0.4 is 9.47 Å². The Morgan fingerprint density at radius 1 is 1.00 bits per heavy atom. The highest BCUT2D eigenvalue weighted by Crippen LogP contribution is 2.16. The van der Waals surface area contributed by atoms with Crippen LogP contribution in [0.5, 0.6) is 11.5 Å². The predicted molar refractivity (Wildman–Crippen MR) is 77.9 cm³/mol. The number of nitriles is 1. The lowest BCUT2D eigenvalue weighted by Gasteiger charge is -2.09. The lowest BCUT2D eigenvalue weighted by Crippen LogP contribution is -2.05. The number of hydrogen-bond donors (Lipinski definition) is 0. The first-order valence-corrected chi connectivity index (χ1v) is 6.61. The number of benzene rings is 2. The first-order chi connectivity index (χ1) is 9.79. The summed E-state index contributed by atoms with van der Waals surface area (Å²) < 4.78 is 11.3. The number of nitrogens with zero attached hydrogens (tertiary/aromatic N) is 1. The predicted octanol–water partition coefficient (Wildman–Crippen LogP) is 3.71. The molecule has 0 N–H and O–H groups in total. The van der Waals surface area contributed by atoms with Crippen LogP contribution in [0.1, 0.15) is 17.5 Å². The van der Waals surface area contributed by atoms with Gasteiger partial charge in [-0.05, 0) is 36.8 Å². The van der Waals surface area contributed by atoms with Crippen LogP contribution >= 0.6 is 0 Å². The maximum atomic E-state index is 8.80. The van der Waals surface area contributed by atoms with Gasteiger partial charge in [-0.25, -0.2) is 0 Å². The molecule has 0 unspecified atom stereocenters. The second-order valence-electron chi connectivity index (χ2n) is 4.46. The summed E-state index contributed by atoms with van der Waals surface area (Å²) in [4.78, 5) is 0. The second kappa shape index (κ2) is 7.20. The van der Waals surface area contributed by atoms with Crippen molar-refractivity contribution < 1.29 is 9.47 Å². The number of hydrogen-bond acceptors (Lipinski definition) is 3. The Morgan fingerprint density at radius 2 is 1.80 bits per heavy atom. The molecule has 3 heteroatoms. The van der Waals surface area contributed by atoms with E-state index in [0.29, 0.717) is 18.8 Å². The number of rotatable bonds is 6. The molecule has 0 aliphatic carbocycles. The van der Waals surface area contributed by atoms with Crippen molar-refractivity contribution in [2.24, 2.45) is 0 Å². The van der Waals surface area contributed by atoms with Gasteiger partial charge in [0.1, 0.15) is 11.5 Å². The SMILES string of the molecule is Cc1ccccc1OCCCOc1cccc(C#N)c1.